The number of aromatic nitrogens is 5. The van der Waals surface area contributed by atoms with Gasteiger partial charge in [-0.15, -0.1) is 11.6 Å². The number of rotatable bonds is 6. The molecule has 3 N–H and O–H groups in total. The van der Waals surface area contributed by atoms with Crippen LogP contribution in [0.5, 0.6) is 0 Å². The fourth-order valence-corrected chi connectivity index (χ4v) is 2.51. The van der Waals surface area contributed by atoms with Crippen LogP contribution in [0.2, 0.25) is 0 Å². The van der Waals surface area contributed by atoms with E-state index >= 15 is 0 Å². The molecule has 0 unspecified atom stereocenters. The fourth-order valence-electron chi connectivity index (χ4n) is 2.45. The molecule has 0 saturated carbocycles. The van der Waals surface area contributed by atoms with Crippen molar-refractivity contribution in [3.8, 4) is 11.3 Å². The molecule has 0 fully saturated rings. The molecule has 3 aromatic rings. The minimum absolute atomic E-state index is 0.0973. The third kappa shape index (κ3) is 4.37. The molecular weight excluding hydrogens is 382 g/mol. The highest BCUT2D eigenvalue weighted by atomic mass is 35.5. The first kappa shape index (κ1) is 19.6. The number of nitrogens with zero attached hydrogens (tertiary/aromatic N) is 4. The van der Waals surface area contributed by atoms with Gasteiger partial charge in [0, 0.05) is 36.4 Å². The van der Waals surface area contributed by atoms with Gasteiger partial charge in [-0.05, 0) is 26.0 Å². The Morgan fingerprint density at radius 3 is 2.75 bits per heavy atom. The third-order valence-electron chi connectivity index (χ3n) is 3.85. The smallest absolute Gasteiger partial charge is 0.274 e. The highest BCUT2D eigenvalue weighted by Gasteiger charge is 2.25. The lowest BCUT2D eigenvalue weighted by Crippen LogP contribution is -2.45. The highest BCUT2D eigenvalue weighted by Crippen LogP contribution is 2.18. The number of carbonyl (C=O) groups is 2. The molecule has 0 radical (unpaired) electrons. The van der Waals surface area contributed by atoms with Crippen LogP contribution < -0.4 is 10.6 Å². The van der Waals surface area contributed by atoms with Gasteiger partial charge in [0.05, 0.1) is 17.6 Å². The topological polar surface area (TPSA) is 118 Å². The zero-order valence-electron chi connectivity index (χ0n) is 15.7. The Morgan fingerprint density at radius 2 is 2.07 bits per heavy atom. The minimum atomic E-state index is -0.613. The van der Waals surface area contributed by atoms with Crippen LogP contribution in [0.4, 0.5) is 5.69 Å². The number of halogens is 1. The third-order valence-corrected chi connectivity index (χ3v) is 4.52. The number of aromatic amines is 1. The average Bonchev–Trinajstić information content (AvgIpc) is 3.31. The van der Waals surface area contributed by atoms with Crippen molar-refractivity contribution in [2.24, 2.45) is 7.05 Å². The van der Waals surface area contributed by atoms with E-state index in [2.05, 4.69) is 30.9 Å². The minimum Gasteiger partial charge on any atom is -0.344 e. The number of H-pyrrole nitrogens is 1. The van der Waals surface area contributed by atoms with Gasteiger partial charge in [0.25, 0.3) is 11.8 Å². The van der Waals surface area contributed by atoms with Crippen LogP contribution in [0.25, 0.3) is 11.3 Å². The van der Waals surface area contributed by atoms with E-state index in [0.717, 1.165) is 5.56 Å². The number of nitrogens with one attached hydrogen (secondary N) is 3. The number of pyridine rings is 1. The highest BCUT2D eigenvalue weighted by molar-refractivity contribution is 6.19. The maximum Gasteiger partial charge on any atom is 0.274 e. The lowest BCUT2D eigenvalue weighted by atomic mass is 10.1. The summed E-state index contributed by atoms with van der Waals surface area (Å²) in [6.45, 7) is 3.59. The number of amides is 2. The SMILES string of the molecule is Cn1cc(NC(=O)c2cccc(-c3cn[nH]c3)n2)c(C(=O)NC(C)(C)CCl)n1. The monoisotopic (exact) mass is 401 g/mol. The maximum absolute atomic E-state index is 12.7. The summed E-state index contributed by atoms with van der Waals surface area (Å²) in [6.07, 6.45) is 4.86. The number of anilines is 1. The zero-order chi connectivity index (χ0) is 20.3. The molecule has 0 spiro atoms. The molecule has 3 rings (SSSR count). The van der Waals surface area contributed by atoms with Crippen molar-refractivity contribution in [2.45, 2.75) is 19.4 Å². The zero-order valence-corrected chi connectivity index (χ0v) is 16.4. The molecule has 3 heterocycles. The van der Waals surface area contributed by atoms with E-state index < -0.39 is 17.4 Å². The van der Waals surface area contributed by atoms with Gasteiger partial charge >= 0.3 is 0 Å². The number of carbonyl (C=O) groups excluding carboxylic acids is 2. The summed E-state index contributed by atoms with van der Waals surface area (Å²) in [5, 5.41) is 16.2. The first-order valence-corrected chi connectivity index (χ1v) is 9.02. The summed E-state index contributed by atoms with van der Waals surface area (Å²) in [6, 6.07) is 5.09. The summed E-state index contributed by atoms with van der Waals surface area (Å²) < 4.78 is 1.45. The summed E-state index contributed by atoms with van der Waals surface area (Å²) in [7, 11) is 1.66. The number of hydrogen-bond acceptors (Lipinski definition) is 5. The Labute approximate surface area is 166 Å². The van der Waals surface area contributed by atoms with Crippen molar-refractivity contribution in [3.63, 3.8) is 0 Å². The van der Waals surface area contributed by atoms with Crippen LogP contribution in [0.3, 0.4) is 0 Å². The van der Waals surface area contributed by atoms with Gasteiger partial charge in [0.15, 0.2) is 5.69 Å². The van der Waals surface area contributed by atoms with Crippen molar-refractivity contribution in [1.82, 2.24) is 30.3 Å². The molecule has 3 aromatic heterocycles. The second-order valence-corrected chi connectivity index (χ2v) is 7.15. The first-order chi connectivity index (χ1) is 13.3. The Kier molecular flexibility index (Phi) is 5.46. The second-order valence-electron chi connectivity index (χ2n) is 6.89. The molecule has 0 bridgehead atoms. The lowest BCUT2D eigenvalue weighted by molar-refractivity contribution is 0.0915. The molecule has 0 saturated heterocycles. The predicted molar refractivity (Wildman–Crippen MR) is 105 cm³/mol. The molecule has 2 amide bonds. The number of alkyl halides is 1. The maximum atomic E-state index is 12.7. The van der Waals surface area contributed by atoms with E-state index in [0.29, 0.717) is 5.69 Å². The number of aryl methyl sites for hydroxylation is 1. The van der Waals surface area contributed by atoms with E-state index in [1.165, 1.54) is 4.68 Å². The largest absolute Gasteiger partial charge is 0.344 e. The van der Waals surface area contributed by atoms with Gasteiger partial charge < -0.3 is 10.6 Å². The quantitative estimate of drug-likeness (QED) is 0.547. The van der Waals surface area contributed by atoms with Gasteiger partial charge in [-0.3, -0.25) is 19.4 Å². The molecule has 0 atom stereocenters. The van der Waals surface area contributed by atoms with Crippen molar-refractivity contribution >= 4 is 29.1 Å². The Bertz CT molecular complexity index is 995. The molecule has 10 heteroatoms. The predicted octanol–water partition coefficient (Wildman–Crippen LogP) is 2.20. The summed E-state index contributed by atoms with van der Waals surface area (Å²) in [5.74, 6) is -0.650. The van der Waals surface area contributed by atoms with Crippen molar-refractivity contribution in [1.29, 1.82) is 0 Å². The van der Waals surface area contributed by atoms with E-state index in [9.17, 15) is 9.59 Å². The van der Waals surface area contributed by atoms with Crippen molar-refractivity contribution < 1.29 is 9.59 Å². The van der Waals surface area contributed by atoms with Crippen molar-refractivity contribution in [3.05, 3.63) is 48.2 Å². The molecule has 0 aliphatic rings. The Balaban J connectivity index is 1.82. The van der Waals surface area contributed by atoms with Crippen LogP contribution >= 0.6 is 11.6 Å². The van der Waals surface area contributed by atoms with Crippen molar-refractivity contribution in [2.75, 3.05) is 11.2 Å². The number of hydrogen-bond donors (Lipinski definition) is 3. The van der Waals surface area contributed by atoms with Gasteiger partial charge in [-0.25, -0.2) is 4.98 Å². The lowest BCUT2D eigenvalue weighted by Gasteiger charge is -2.22. The van der Waals surface area contributed by atoms with Gasteiger partial charge in [-0.1, -0.05) is 6.07 Å². The molecule has 28 heavy (non-hydrogen) atoms. The summed E-state index contributed by atoms with van der Waals surface area (Å²) in [5.41, 5.74) is 1.34. The van der Waals surface area contributed by atoms with Gasteiger partial charge in [-0.2, -0.15) is 10.2 Å². The molecule has 0 aliphatic heterocycles. The first-order valence-electron chi connectivity index (χ1n) is 8.49. The van der Waals surface area contributed by atoms with Crippen LogP contribution in [-0.4, -0.2) is 48.2 Å². The summed E-state index contributed by atoms with van der Waals surface area (Å²) >= 11 is 5.87. The van der Waals surface area contributed by atoms with Crippen LogP contribution in [0.15, 0.2) is 36.8 Å². The van der Waals surface area contributed by atoms with Gasteiger partial charge in [0.1, 0.15) is 5.69 Å². The second kappa shape index (κ2) is 7.81. The fraction of sp³-hybridized carbons (Fsp3) is 0.278. The summed E-state index contributed by atoms with van der Waals surface area (Å²) in [4.78, 5) is 29.6. The molecule has 9 nitrogen and oxygen atoms in total. The molecule has 0 aliphatic carbocycles. The molecule has 146 valence electrons. The van der Waals surface area contributed by atoms with Gasteiger partial charge in [0.2, 0.25) is 0 Å². The standard InChI is InChI=1S/C18H20ClN7O2/c1-18(2,10-19)24-17(28)15-14(9-26(3)25-15)23-16(27)13-6-4-5-12(22-13)11-7-20-21-8-11/h4-9H,10H2,1-3H3,(H,20,21)(H,23,27)(H,24,28). The molecular formula is C18H20ClN7O2. The van der Waals surface area contributed by atoms with E-state index in [1.807, 2.05) is 0 Å². The Hall–Kier alpha value is -3.20. The normalized spacial score (nSPS) is 11.3. The Morgan fingerprint density at radius 1 is 1.29 bits per heavy atom. The van der Waals surface area contributed by atoms with E-state index in [-0.39, 0.29) is 23.0 Å². The van der Waals surface area contributed by atoms with Crippen LogP contribution in [0, 0.1) is 0 Å². The average molecular weight is 402 g/mol. The van der Waals surface area contributed by atoms with E-state index in [1.54, 1.807) is 57.7 Å². The van der Waals surface area contributed by atoms with Crippen LogP contribution in [-0.2, 0) is 7.05 Å². The van der Waals surface area contributed by atoms with E-state index in [4.69, 9.17) is 11.6 Å². The molecule has 0 aromatic carbocycles. The van der Waals surface area contributed by atoms with Crippen LogP contribution in [0.1, 0.15) is 34.8 Å².